The van der Waals surface area contributed by atoms with Crippen LogP contribution in [-0.4, -0.2) is 88.2 Å². The zero-order valence-electron chi connectivity index (χ0n) is 11.8. The van der Waals surface area contributed by atoms with Crippen LogP contribution in [0.4, 0.5) is 0 Å². The minimum atomic E-state index is -1.62. The van der Waals surface area contributed by atoms with Crippen molar-refractivity contribution in [3.63, 3.8) is 0 Å². The summed E-state index contributed by atoms with van der Waals surface area (Å²) in [5, 5.41) is 16.7. The van der Waals surface area contributed by atoms with Crippen molar-refractivity contribution in [2.75, 3.05) is 66.1 Å². The van der Waals surface area contributed by atoms with E-state index in [2.05, 4.69) is 4.74 Å². The van der Waals surface area contributed by atoms with Crippen LogP contribution in [0.25, 0.3) is 0 Å². The Kier molecular flexibility index (Phi) is 14.2. The normalized spacial score (nSPS) is 10.5. The Morgan fingerprint density at radius 3 is 1.43 bits per heavy atom. The Morgan fingerprint density at radius 1 is 0.667 bits per heavy atom. The molecule has 0 unspecified atom stereocenters. The van der Waals surface area contributed by atoms with E-state index in [1.807, 2.05) is 0 Å². The van der Waals surface area contributed by atoms with Gasteiger partial charge >= 0.3 is 11.9 Å². The third-order valence-electron chi connectivity index (χ3n) is 1.99. The van der Waals surface area contributed by atoms with E-state index in [4.69, 9.17) is 29.2 Å². The van der Waals surface area contributed by atoms with Gasteiger partial charge in [-0.05, 0) is 0 Å². The van der Waals surface area contributed by atoms with Gasteiger partial charge in [0.2, 0.25) is 0 Å². The largest absolute Gasteiger partial charge is 0.473 e. The molecule has 0 aromatic rings. The van der Waals surface area contributed by atoms with Crippen molar-refractivity contribution in [3.8, 4) is 0 Å². The summed E-state index contributed by atoms with van der Waals surface area (Å²) >= 11 is 0. The topological polar surface area (TPSA) is 121 Å². The summed E-state index contributed by atoms with van der Waals surface area (Å²) in [6.07, 6.45) is 0. The lowest BCUT2D eigenvalue weighted by molar-refractivity contribution is -0.164. The molecule has 0 atom stereocenters. The van der Waals surface area contributed by atoms with Crippen LogP contribution in [0.3, 0.4) is 0 Å². The number of carbonyl (C=O) groups is 2. The quantitative estimate of drug-likeness (QED) is 0.228. The summed E-state index contributed by atoms with van der Waals surface area (Å²) in [6.45, 7) is 2.69. The van der Waals surface area contributed by atoms with E-state index in [0.29, 0.717) is 46.2 Å². The molecule has 0 aromatic heterocycles. The van der Waals surface area contributed by atoms with Crippen LogP contribution >= 0.6 is 0 Å². The minimum absolute atomic E-state index is 0.00137. The molecule has 0 amide bonds. The molecule has 0 bridgehead atoms. The van der Waals surface area contributed by atoms with Crippen LogP contribution in [0.2, 0.25) is 0 Å². The molecule has 0 aromatic carbocycles. The summed E-state index contributed by atoms with van der Waals surface area (Å²) in [5.41, 5.74) is 0. The summed E-state index contributed by atoms with van der Waals surface area (Å²) < 4.78 is 24.8. The second-order valence-electron chi connectivity index (χ2n) is 3.61. The first-order chi connectivity index (χ1) is 10.2. The number of aliphatic hydroxyl groups is 1. The fourth-order valence-corrected chi connectivity index (χ4v) is 1.08. The molecule has 9 nitrogen and oxygen atoms in total. The van der Waals surface area contributed by atoms with Crippen LogP contribution in [0, 0.1) is 0 Å². The highest BCUT2D eigenvalue weighted by atomic mass is 16.6. The number of ether oxygens (including phenoxy) is 5. The molecular formula is C12H22O9. The first-order valence-corrected chi connectivity index (χ1v) is 6.50. The number of hydrogen-bond acceptors (Lipinski definition) is 8. The molecule has 0 aliphatic heterocycles. The molecule has 0 aliphatic carbocycles. The van der Waals surface area contributed by atoms with E-state index in [-0.39, 0.29) is 19.8 Å². The number of aliphatic carboxylic acids is 1. The smallest absolute Gasteiger partial charge is 0.417 e. The van der Waals surface area contributed by atoms with E-state index in [0.717, 1.165) is 0 Å². The van der Waals surface area contributed by atoms with E-state index in [9.17, 15) is 9.59 Å². The number of carbonyl (C=O) groups excluding carboxylic acids is 1. The lowest BCUT2D eigenvalue weighted by Gasteiger charge is -2.07. The van der Waals surface area contributed by atoms with Gasteiger partial charge in [-0.1, -0.05) is 0 Å². The predicted octanol–water partition coefficient (Wildman–Crippen LogP) is -1.33. The molecule has 0 spiro atoms. The molecular weight excluding hydrogens is 288 g/mol. The van der Waals surface area contributed by atoms with Crippen molar-refractivity contribution >= 4 is 11.9 Å². The van der Waals surface area contributed by atoms with Gasteiger partial charge in [-0.3, -0.25) is 0 Å². The van der Waals surface area contributed by atoms with Gasteiger partial charge in [0, 0.05) is 0 Å². The first-order valence-electron chi connectivity index (χ1n) is 6.50. The molecule has 0 saturated carbocycles. The van der Waals surface area contributed by atoms with Crippen molar-refractivity contribution in [1.29, 1.82) is 0 Å². The molecule has 0 aliphatic rings. The van der Waals surface area contributed by atoms with Crippen molar-refractivity contribution in [1.82, 2.24) is 0 Å². The van der Waals surface area contributed by atoms with Crippen LogP contribution in [-0.2, 0) is 33.3 Å². The number of hydrogen-bond donors (Lipinski definition) is 2. The van der Waals surface area contributed by atoms with Gasteiger partial charge in [-0.15, -0.1) is 0 Å². The van der Waals surface area contributed by atoms with Crippen LogP contribution in [0.1, 0.15) is 0 Å². The number of carboxylic acid groups (broad SMARTS) is 1. The van der Waals surface area contributed by atoms with Crippen LogP contribution < -0.4 is 0 Å². The molecule has 0 saturated heterocycles. The predicted molar refractivity (Wildman–Crippen MR) is 69.0 cm³/mol. The summed E-state index contributed by atoms with van der Waals surface area (Å²) in [4.78, 5) is 20.6. The third kappa shape index (κ3) is 15.0. The highest BCUT2D eigenvalue weighted by molar-refractivity contribution is 6.28. The highest BCUT2D eigenvalue weighted by Crippen LogP contribution is 1.84. The van der Waals surface area contributed by atoms with Gasteiger partial charge in [-0.2, -0.15) is 0 Å². The zero-order valence-corrected chi connectivity index (χ0v) is 11.8. The molecule has 9 heteroatoms. The maximum atomic E-state index is 10.5. The zero-order chi connectivity index (χ0) is 15.8. The van der Waals surface area contributed by atoms with Gasteiger partial charge in [0.1, 0.15) is 6.61 Å². The summed E-state index contributed by atoms with van der Waals surface area (Å²) in [7, 11) is 0. The number of esters is 1. The maximum Gasteiger partial charge on any atom is 0.417 e. The lowest BCUT2D eigenvalue weighted by atomic mass is 10.6. The standard InChI is InChI=1S/C12H22O9/c13-1-2-17-3-4-18-5-6-19-7-8-20-9-10-21-12(16)11(14)15/h13H,1-10H2,(H,14,15). The van der Waals surface area contributed by atoms with Gasteiger partial charge in [0.25, 0.3) is 0 Å². The second-order valence-corrected chi connectivity index (χ2v) is 3.61. The Labute approximate surface area is 122 Å². The monoisotopic (exact) mass is 310 g/mol. The van der Waals surface area contributed by atoms with Gasteiger partial charge < -0.3 is 33.9 Å². The van der Waals surface area contributed by atoms with E-state index in [1.165, 1.54) is 0 Å². The number of rotatable bonds is 14. The first kappa shape index (κ1) is 19.7. The fourth-order valence-electron chi connectivity index (χ4n) is 1.08. The molecule has 0 radical (unpaired) electrons. The van der Waals surface area contributed by atoms with Gasteiger partial charge in [-0.25, -0.2) is 9.59 Å². The highest BCUT2D eigenvalue weighted by Gasteiger charge is 2.11. The molecule has 0 fully saturated rings. The fraction of sp³-hybridized carbons (Fsp3) is 0.833. The van der Waals surface area contributed by atoms with Gasteiger partial charge in [0.05, 0.1) is 59.5 Å². The third-order valence-corrected chi connectivity index (χ3v) is 1.99. The molecule has 0 heterocycles. The van der Waals surface area contributed by atoms with Crippen molar-refractivity contribution in [2.45, 2.75) is 0 Å². The minimum Gasteiger partial charge on any atom is -0.473 e. The average molecular weight is 310 g/mol. The Morgan fingerprint density at radius 2 is 1.05 bits per heavy atom. The molecule has 124 valence electrons. The number of carboxylic acids is 1. The summed E-state index contributed by atoms with van der Waals surface area (Å²) in [5.74, 6) is -2.92. The Bertz CT molecular complexity index is 269. The average Bonchev–Trinajstić information content (AvgIpc) is 2.47. The van der Waals surface area contributed by atoms with Crippen LogP contribution in [0.5, 0.6) is 0 Å². The maximum absolute atomic E-state index is 10.5. The van der Waals surface area contributed by atoms with E-state index < -0.39 is 11.9 Å². The van der Waals surface area contributed by atoms with Crippen molar-refractivity contribution in [3.05, 3.63) is 0 Å². The summed E-state index contributed by atoms with van der Waals surface area (Å²) in [6, 6.07) is 0. The van der Waals surface area contributed by atoms with Crippen molar-refractivity contribution in [2.24, 2.45) is 0 Å². The SMILES string of the molecule is O=C(O)C(=O)OCCOCCOCCOCCOCCO. The lowest BCUT2D eigenvalue weighted by Crippen LogP contribution is -2.19. The van der Waals surface area contributed by atoms with Crippen LogP contribution in [0.15, 0.2) is 0 Å². The molecule has 0 rings (SSSR count). The second kappa shape index (κ2) is 15.1. The molecule has 2 N–H and O–H groups in total. The van der Waals surface area contributed by atoms with Gasteiger partial charge in [0.15, 0.2) is 0 Å². The van der Waals surface area contributed by atoms with E-state index in [1.54, 1.807) is 0 Å². The molecule has 21 heavy (non-hydrogen) atoms. The Hall–Kier alpha value is -1.26. The Balaban J connectivity index is 3.06. The number of aliphatic hydroxyl groups excluding tert-OH is 1. The van der Waals surface area contributed by atoms with E-state index >= 15 is 0 Å². The van der Waals surface area contributed by atoms with Crippen molar-refractivity contribution < 1.29 is 43.5 Å².